The molecule has 112 valence electrons. The molecule has 0 aliphatic heterocycles. The standard InChI is InChI=1S/C12H13N3O5S/c1-8-6-13-14-12(8)15-21(18,19)10-4-2-9(3-5-10)20-7-11(16)17/h2-6H,7H2,1H3,(H,16,17)(H2,13,14,15). The van der Waals surface area contributed by atoms with E-state index in [-0.39, 0.29) is 10.6 Å². The minimum Gasteiger partial charge on any atom is -0.482 e. The Morgan fingerprint density at radius 2 is 2.05 bits per heavy atom. The number of ether oxygens (including phenoxy) is 1. The van der Waals surface area contributed by atoms with Gasteiger partial charge >= 0.3 is 5.97 Å². The number of sulfonamides is 1. The highest BCUT2D eigenvalue weighted by molar-refractivity contribution is 7.92. The SMILES string of the molecule is Cc1cn[nH]c1NS(=O)(=O)c1ccc(OCC(=O)O)cc1. The summed E-state index contributed by atoms with van der Waals surface area (Å²) in [4.78, 5) is 10.4. The van der Waals surface area contributed by atoms with E-state index in [1.807, 2.05) is 0 Å². The second-order valence-electron chi connectivity index (χ2n) is 4.19. The summed E-state index contributed by atoms with van der Waals surface area (Å²) in [6.07, 6.45) is 1.50. The zero-order chi connectivity index (χ0) is 15.5. The topological polar surface area (TPSA) is 121 Å². The van der Waals surface area contributed by atoms with Crippen molar-refractivity contribution in [3.05, 3.63) is 36.0 Å². The summed E-state index contributed by atoms with van der Waals surface area (Å²) in [6.45, 7) is 1.22. The van der Waals surface area contributed by atoms with Crippen LogP contribution in [0.1, 0.15) is 5.56 Å². The lowest BCUT2D eigenvalue weighted by molar-refractivity contribution is -0.139. The predicted octanol–water partition coefficient (Wildman–Crippen LogP) is 0.982. The molecule has 2 aromatic rings. The van der Waals surface area contributed by atoms with E-state index < -0.39 is 22.6 Å². The van der Waals surface area contributed by atoms with Gasteiger partial charge in [0, 0.05) is 5.56 Å². The second kappa shape index (κ2) is 5.83. The molecule has 0 aliphatic rings. The maximum absolute atomic E-state index is 12.1. The van der Waals surface area contributed by atoms with Crippen molar-refractivity contribution in [2.24, 2.45) is 0 Å². The van der Waals surface area contributed by atoms with Crippen LogP contribution in [0.2, 0.25) is 0 Å². The minimum absolute atomic E-state index is 0.0270. The van der Waals surface area contributed by atoms with Crippen LogP contribution in [0.5, 0.6) is 5.75 Å². The fourth-order valence-corrected chi connectivity index (χ4v) is 2.59. The minimum atomic E-state index is -3.75. The molecule has 0 saturated heterocycles. The van der Waals surface area contributed by atoms with Gasteiger partial charge in [0.2, 0.25) is 0 Å². The van der Waals surface area contributed by atoms with Crippen LogP contribution >= 0.6 is 0 Å². The summed E-state index contributed by atoms with van der Waals surface area (Å²) in [5.41, 5.74) is 0.667. The zero-order valence-electron chi connectivity index (χ0n) is 11.0. The molecule has 0 spiro atoms. The van der Waals surface area contributed by atoms with Crippen LogP contribution in [0.25, 0.3) is 0 Å². The number of carboxylic acid groups (broad SMARTS) is 1. The molecular formula is C12H13N3O5S. The number of anilines is 1. The van der Waals surface area contributed by atoms with E-state index in [4.69, 9.17) is 9.84 Å². The molecule has 0 atom stereocenters. The third-order valence-electron chi connectivity index (χ3n) is 2.56. The van der Waals surface area contributed by atoms with Gasteiger partial charge in [-0.2, -0.15) is 5.10 Å². The number of rotatable bonds is 6. The van der Waals surface area contributed by atoms with Gasteiger partial charge in [0.15, 0.2) is 6.61 Å². The highest BCUT2D eigenvalue weighted by Gasteiger charge is 2.16. The summed E-state index contributed by atoms with van der Waals surface area (Å²) in [6, 6.07) is 5.42. The summed E-state index contributed by atoms with van der Waals surface area (Å²) >= 11 is 0. The molecule has 0 bridgehead atoms. The number of nitrogens with zero attached hydrogens (tertiary/aromatic N) is 1. The van der Waals surface area contributed by atoms with Gasteiger partial charge in [0.25, 0.3) is 10.0 Å². The molecule has 9 heteroatoms. The Bertz CT molecular complexity index is 737. The predicted molar refractivity (Wildman–Crippen MR) is 73.7 cm³/mol. The van der Waals surface area contributed by atoms with E-state index in [1.54, 1.807) is 6.92 Å². The van der Waals surface area contributed by atoms with Crippen LogP contribution in [-0.4, -0.2) is 36.3 Å². The monoisotopic (exact) mass is 311 g/mol. The Hall–Kier alpha value is -2.55. The molecule has 0 saturated carbocycles. The van der Waals surface area contributed by atoms with Gasteiger partial charge in [-0.25, -0.2) is 13.2 Å². The molecule has 0 radical (unpaired) electrons. The van der Waals surface area contributed by atoms with Crippen LogP contribution in [0.3, 0.4) is 0 Å². The first kappa shape index (κ1) is 14.9. The first-order chi connectivity index (χ1) is 9.88. The first-order valence-corrected chi connectivity index (χ1v) is 7.34. The first-order valence-electron chi connectivity index (χ1n) is 5.86. The maximum Gasteiger partial charge on any atom is 0.341 e. The fraction of sp³-hybridized carbons (Fsp3) is 0.167. The van der Waals surface area contributed by atoms with Gasteiger partial charge in [-0.1, -0.05) is 0 Å². The second-order valence-corrected chi connectivity index (χ2v) is 5.87. The zero-order valence-corrected chi connectivity index (χ0v) is 11.8. The highest BCUT2D eigenvalue weighted by atomic mass is 32.2. The number of benzene rings is 1. The fourth-order valence-electron chi connectivity index (χ4n) is 1.50. The summed E-state index contributed by atoms with van der Waals surface area (Å²) in [5.74, 6) is -0.543. The summed E-state index contributed by atoms with van der Waals surface area (Å²) in [5, 5.41) is 14.8. The van der Waals surface area contributed by atoms with Gasteiger partial charge in [0.1, 0.15) is 11.6 Å². The van der Waals surface area contributed by atoms with Crippen molar-refractivity contribution in [3.63, 3.8) is 0 Å². The van der Waals surface area contributed by atoms with E-state index in [1.165, 1.54) is 30.5 Å². The molecule has 0 unspecified atom stereocenters. The number of aromatic nitrogens is 2. The van der Waals surface area contributed by atoms with Crippen molar-refractivity contribution < 1.29 is 23.1 Å². The summed E-state index contributed by atoms with van der Waals surface area (Å²) in [7, 11) is -3.75. The van der Waals surface area contributed by atoms with E-state index in [0.717, 1.165) is 0 Å². The van der Waals surface area contributed by atoms with E-state index in [9.17, 15) is 13.2 Å². The number of aliphatic carboxylic acids is 1. The van der Waals surface area contributed by atoms with Crippen molar-refractivity contribution in [2.45, 2.75) is 11.8 Å². The Balaban J connectivity index is 2.13. The molecule has 8 nitrogen and oxygen atoms in total. The number of carboxylic acids is 1. The smallest absolute Gasteiger partial charge is 0.341 e. The van der Waals surface area contributed by atoms with Gasteiger partial charge in [-0.05, 0) is 31.2 Å². The Labute approximate surface area is 120 Å². The molecule has 0 amide bonds. The molecule has 3 N–H and O–H groups in total. The lowest BCUT2D eigenvalue weighted by Crippen LogP contribution is -2.14. The van der Waals surface area contributed by atoms with Crippen LogP contribution < -0.4 is 9.46 Å². The van der Waals surface area contributed by atoms with Crippen molar-refractivity contribution in [3.8, 4) is 5.75 Å². The molecule has 1 aromatic carbocycles. The summed E-state index contributed by atoms with van der Waals surface area (Å²) < 4.78 is 31.6. The van der Waals surface area contributed by atoms with Crippen LogP contribution in [0.15, 0.2) is 35.4 Å². The van der Waals surface area contributed by atoms with E-state index >= 15 is 0 Å². The lowest BCUT2D eigenvalue weighted by Gasteiger charge is -2.08. The molecule has 0 aliphatic carbocycles. The lowest BCUT2D eigenvalue weighted by atomic mass is 10.3. The van der Waals surface area contributed by atoms with E-state index in [2.05, 4.69) is 14.9 Å². The van der Waals surface area contributed by atoms with Gasteiger partial charge in [0.05, 0.1) is 11.1 Å². The third-order valence-corrected chi connectivity index (χ3v) is 3.93. The van der Waals surface area contributed by atoms with Gasteiger partial charge in [-0.3, -0.25) is 9.82 Å². The van der Waals surface area contributed by atoms with Crippen molar-refractivity contribution in [1.29, 1.82) is 0 Å². The largest absolute Gasteiger partial charge is 0.482 e. The quantitative estimate of drug-likeness (QED) is 0.731. The highest BCUT2D eigenvalue weighted by Crippen LogP contribution is 2.19. The average Bonchev–Trinajstić information content (AvgIpc) is 2.82. The van der Waals surface area contributed by atoms with Crippen molar-refractivity contribution >= 4 is 21.8 Å². The van der Waals surface area contributed by atoms with Crippen molar-refractivity contribution in [2.75, 3.05) is 11.3 Å². The number of nitrogens with one attached hydrogen (secondary N) is 2. The number of H-pyrrole nitrogens is 1. The molecule has 21 heavy (non-hydrogen) atoms. The molecule has 1 heterocycles. The number of aromatic amines is 1. The average molecular weight is 311 g/mol. The van der Waals surface area contributed by atoms with E-state index in [0.29, 0.717) is 11.4 Å². The van der Waals surface area contributed by atoms with Crippen LogP contribution in [0.4, 0.5) is 5.82 Å². The van der Waals surface area contributed by atoms with Gasteiger partial charge in [-0.15, -0.1) is 0 Å². The Morgan fingerprint density at radius 1 is 1.38 bits per heavy atom. The molecule has 0 fully saturated rings. The van der Waals surface area contributed by atoms with Crippen LogP contribution in [-0.2, 0) is 14.8 Å². The number of hydrogen-bond donors (Lipinski definition) is 3. The number of aryl methyl sites for hydroxylation is 1. The number of carbonyl (C=O) groups is 1. The van der Waals surface area contributed by atoms with Crippen molar-refractivity contribution in [1.82, 2.24) is 10.2 Å². The third kappa shape index (κ3) is 3.72. The molecule has 2 rings (SSSR count). The Kier molecular flexibility index (Phi) is 4.13. The maximum atomic E-state index is 12.1. The molecule has 1 aromatic heterocycles. The van der Waals surface area contributed by atoms with Crippen LogP contribution in [0, 0.1) is 6.92 Å². The van der Waals surface area contributed by atoms with Gasteiger partial charge < -0.3 is 9.84 Å². The number of hydrogen-bond acceptors (Lipinski definition) is 5. The molecular weight excluding hydrogens is 298 g/mol. The normalized spacial score (nSPS) is 11.1. The Morgan fingerprint density at radius 3 is 2.57 bits per heavy atom.